The summed E-state index contributed by atoms with van der Waals surface area (Å²) in [6.45, 7) is 10.8. The molecule has 0 aliphatic carbocycles. The standard InChI is InChI=1S/C15H26N4O3/c1-14(2,3)22-13(20)18-12-11(7-17-19(12)5)6-16-8-15(4)9-21-10-15/h7,16H,6,8-10H2,1-5H3,(H,18,20). The molecular formula is C15H26N4O3. The summed E-state index contributed by atoms with van der Waals surface area (Å²) >= 11 is 0. The maximum atomic E-state index is 11.9. The van der Waals surface area contributed by atoms with Crippen molar-refractivity contribution in [3.63, 3.8) is 0 Å². The van der Waals surface area contributed by atoms with Gasteiger partial charge >= 0.3 is 6.09 Å². The van der Waals surface area contributed by atoms with E-state index in [1.54, 1.807) is 17.9 Å². The van der Waals surface area contributed by atoms with Crippen LogP contribution in [0.15, 0.2) is 6.20 Å². The fraction of sp³-hybridized carbons (Fsp3) is 0.733. The van der Waals surface area contributed by atoms with Crippen molar-refractivity contribution in [2.24, 2.45) is 12.5 Å². The van der Waals surface area contributed by atoms with Gasteiger partial charge in [0.05, 0.1) is 19.4 Å². The van der Waals surface area contributed by atoms with Gasteiger partial charge in [0.25, 0.3) is 0 Å². The topological polar surface area (TPSA) is 77.4 Å². The maximum Gasteiger partial charge on any atom is 0.413 e. The minimum atomic E-state index is -0.528. The number of nitrogens with one attached hydrogen (secondary N) is 2. The Labute approximate surface area is 131 Å². The number of hydrogen-bond donors (Lipinski definition) is 2. The zero-order valence-corrected chi connectivity index (χ0v) is 14.0. The molecule has 1 saturated heterocycles. The molecule has 2 heterocycles. The Kier molecular flexibility index (Phi) is 4.77. The van der Waals surface area contributed by atoms with E-state index in [1.165, 1.54) is 0 Å². The molecule has 0 bridgehead atoms. The van der Waals surface area contributed by atoms with Crippen LogP contribution in [0.5, 0.6) is 0 Å². The van der Waals surface area contributed by atoms with E-state index in [-0.39, 0.29) is 5.41 Å². The molecule has 22 heavy (non-hydrogen) atoms. The smallest absolute Gasteiger partial charge is 0.413 e. The number of hydrogen-bond acceptors (Lipinski definition) is 5. The van der Waals surface area contributed by atoms with Crippen molar-refractivity contribution in [2.75, 3.05) is 25.1 Å². The lowest BCUT2D eigenvalue weighted by Crippen LogP contribution is -2.47. The lowest BCUT2D eigenvalue weighted by atomic mass is 9.89. The van der Waals surface area contributed by atoms with Crippen LogP contribution in [0.1, 0.15) is 33.3 Å². The van der Waals surface area contributed by atoms with Crippen molar-refractivity contribution < 1.29 is 14.3 Å². The van der Waals surface area contributed by atoms with E-state index in [1.807, 2.05) is 20.8 Å². The maximum absolute atomic E-state index is 11.9. The van der Waals surface area contributed by atoms with Gasteiger partial charge in [-0.15, -0.1) is 0 Å². The molecule has 7 heteroatoms. The molecular weight excluding hydrogens is 284 g/mol. The first-order valence-electron chi connectivity index (χ1n) is 7.48. The van der Waals surface area contributed by atoms with Gasteiger partial charge in [0.2, 0.25) is 0 Å². The molecule has 0 aromatic carbocycles. The first-order valence-corrected chi connectivity index (χ1v) is 7.48. The Morgan fingerprint density at radius 2 is 2.18 bits per heavy atom. The molecule has 1 fully saturated rings. The van der Waals surface area contributed by atoms with Gasteiger partial charge in [0.15, 0.2) is 0 Å². The third-order valence-electron chi connectivity index (χ3n) is 3.40. The lowest BCUT2D eigenvalue weighted by Gasteiger charge is -2.38. The van der Waals surface area contributed by atoms with Gasteiger partial charge in [-0.05, 0) is 20.8 Å². The van der Waals surface area contributed by atoms with Crippen LogP contribution in [0.2, 0.25) is 0 Å². The van der Waals surface area contributed by atoms with Crippen molar-refractivity contribution in [2.45, 2.75) is 39.8 Å². The SMILES string of the molecule is Cn1ncc(CNCC2(C)COC2)c1NC(=O)OC(C)(C)C. The first kappa shape index (κ1) is 16.8. The van der Waals surface area contributed by atoms with Gasteiger partial charge in [-0.2, -0.15) is 5.10 Å². The Morgan fingerprint density at radius 1 is 1.50 bits per heavy atom. The number of amides is 1. The van der Waals surface area contributed by atoms with E-state index in [0.29, 0.717) is 12.4 Å². The molecule has 0 atom stereocenters. The van der Waals surface area contributed by atoms with Crippen molar-refractivity contribution in [3.05, 3.63) is 11.8 Å². The van der Waals surface area contributed by atoms with Gasteiger partial charge in [0, 0.05) is 31.1 Å². The second-order valence-corrected chi connectivity index (χ2v) is 7.18. The molecule has 0 saturated carbocycles. The second-order valence-electron chi connectivity index (χ2n) is 7.18. The zero-order chi connectivity index (χ0) is 16.4. The Bertz CT molecular complexity index is 529. The van der Waals surface area contributed by atoms with Crippen molar-refractivity contribution >= 4 is 11.9 Å². The van der Waals surface area contributed by atoms with Gasteiger partial charge in [0.1, 0.15) is 11.4 Å². The minimum Gasteiger partial charge on any atom is -0.444 e. The summed E-state index contributed by atoms with van der Waals surface area (Å²) in [5.74, 6) is 0.650. The van der Waals surface area contributed by atoms with Crippen LogP contribution in [-0.4, -0.2) is 41.2 Å². The third kappa shape index (κ3) is 4.45. The summed E-state index contributed by atoms with van der Waals surface area (Å²) in [6.07, 6.45) is 1.27. The number of aryl methyl sites for hydroxylation is 1. The molecule has 1 aliphatic rings. The minimum absolute atomic E-state index is 0.209. The number of nitrogens with zero attached hydrogens (tertiary/aromatic N) is 2. The average molecular weight is 310 g/mol. The zero-order valence-electron chi connectivity index (χ0n) is 14.0. The highest BCUT2D eigenvalue weighted by Crippen LogP contribution is 2.25. The van der Waals surface area contributed by atoms with E-state index in [2.05, 4.69) is 22.7 Å². The van der Waals surface area contributed by atoms with Gasteiger partial charge in [-0.3, -0.25) is 10.00 Å². The molecule has 1 amide bonds. The highest BCUT2D eigenvalue weighted by molar-refractivity contribution is 5.84. The quantitative estimate of drug-likeness (QED) is 0.868. The Hall–Kier alpha value is -1.60. The summed E-state index contributed by atoms with van der Waals surface area (Å²) in [6, 6.07) is 0. The summed E-state index contributed by atoms with van der Waals surface area (Å²) in [4.78, 5) is 11.9. The molecule has 0 spiro atoms. The fourth-order valence-corrected chi connectivity index (χ4v) is 2.23. The highest BCUT2D eigenvalue weighted by atomic mass is 16.6. The van der Waals surface area contributed by atoms with Crippen LogP contribution in [0.4, 0.5) is 10.6 Å². The molecule has 0 unspecified atom stereocenters. The van der Waals surface area contributed by atoms with E-state index < -0.39 is 11.7 Å². The first-order chi connectivity index (χ1) is 10.2. The number of rotatable bonds is 5. The molecule has 2 rings (SSSR count). The monoisotopic (exact) mass is 310 g/mol. The van der Waals surface area contributed by atoms with Crippen LogP contribution in [0.3, 0.4) is 0 Å². The van der Waals surface area contributed by atoms with Crippen LogP contribution < -0.4 is 10.6 Å². The van der Waals surface area contributed by atoms with E-state index in [9.17, 15) is 4.79 Å². The van der Waals surface area contributed by atoms with E-state index in [0.717, 1.165) is 25.3 Å². The van der Waals surface area contributed by atoms with E-state index >= 15 is 0 Å². The average Bonchev–Trinajstić information content (AvgIpc) is 2.67. The molecule has 124 valence electrons. The fourth-order valence-electron chi connectivity index (χ4n) is 2.23. The second kappa shape index (κ2) is 6.26. The third-order valence-corrected chi connectivity index (χ3v) is 3.40. The highest BCUT2D eigenvalue weighted by Gasteiger charge is 2.32. The van der Waals surface area contributed by atoms with Crippen LogP contribution in [-0.2, 0) is 23.1 Å². The van der Waals surface area contributed by atoms with Crippen LogP contribution in [0.25, 0.3) is 0 Å². The molecule has 2 N–H and O–H groups in total. The van der Waals surface area contributed by atoms with E-state index in [4.69, 9.17) is 9.47 Å². The largest absolute Gasteiger partial charge is 0.444 e. The van der Waals surface area contributed by atoms with Gasteiger partial charge < -0.3 is 14.8 Å². The molecule has 0 radical (unpaired) electrons. The Balaban J connectivity index is 1.91. The summed E-state index contributed by atoms with van der Waals surface area (Å²) in [5, 5.41) is 10.4. The van der Waals surface area contributed by atoms with Crippen LogP contribution in [0, 0.1) is 5.41 Å². The normalized spacial score (nSPS) is 17.0. The summed E-state index contributed by atoms with van der Waals surface area (Å²) in [7, 11) is 1.79. The molecule has 1 aromatic heterocycles. The molecule has 1 aromatic rings. The number of carbonyl (C=O) groups excluding carboxylic acids is 1. The number of ether oxygens (including phenoxy) is 2. The molecule has 7 nitrogen and oxygen atoms in total. The predicted octanol–water partition coefficient (Wildman–Crippen LogP) is 1.89. The summed E-state index contributed by atoms with van der Waals surface area (Å²) < 4.78 is 12.1. The number of carbonyl (C=O) groups is 1. The van der Waals surface area contributed by atoms with Crippen LogP contribution >= 0.6 is 0 Å². The molecule has 1 aliphatic heterocycles. The number of aromatic nitrogens is 2. The lowest BCUT2D eigenvalue weighted by molar-refractivity contribution is -0.0991. The van der Waals surface area contributed by atoms with Gasteiger partial charge in [-0.1, -0.05) is 6.92 Å². The van der Waals surface area contributed by atoms with Crippen molar-refractivity contribution in [1.82, 2.24) is 15.1 Å². The predicted molar refractivity (Wildman–Crippen MR) is 83.7 cm³/mol. The Morgan fingerprint density at radius 3 is 2.73 bits per heavy atom. The van der Waals surface area contributed by atoms with Crippen molar-refractivity contribution in [1.29, 1.82) is 0 Å². The summed E-state index contributed by atoms with van der Waals surface area (Å²) in [5.41, 5.74) is 0.609. The number of anilines is 1. The van der Waals surface area contributed by atoms with Crippen molar-refractivity contribution in [3.8, 4) is 0 Å². The van der Waals surface area contributed by atoms with Gasteiger partial charge in [-0.25, -0.2) is 4.79 Å².